The number of hydrogen-bond donors (Lipinski definition) is 2. The van der Waals surface area contributed by atoms with Gasteiger partial charge in [0.15, 0.2) is 0 Å². The number of hydrogen-bond acceptors (Lipinski definition) is 4. The smallest absolute Gasteiger partial charge is 0.270 e. The van der Waals surface area contributed by atoms with Crippen molar-refractivity contribution in [3.8, 4) is 11.1 Å². The van der Waals surface area contributed by atoms with Crippen molar-refractivity contribution in [1.29, 1.82) is 0 Å². The third kappa shape index (κ3) is 4.01. The molecule has 0 aliphatic carbocycles. The van der Waals surface area contributed by atoms with Crippen LogP contribution < -0.4 is 16.0 Å². The zero-order chi connectivity index (χ0) is 19.2. The maximum atomic E-state index is 12.6. The molecule has 0 aliphatic heterocycles. The molecule has 2 N–H and O–H groups in total. The van der Waals surface area contributed by atoms with Crippen LogP contribution in [0.2, 0.25) is 0 Å². The molecule has 0 spiro atoms. The highest BCUT2D eigenvalue weighted by atomic mass is 16.4. The van der Waals surface area contributed by atoms with Crippen LogP contribution in [0, 0.1) is 0 Å². The van der Waals surface area contributed by atoms with E-state index in [2.05, 4.69) is 10.9 Å². The van der Waals surface area contributed by atoms with E-state index in [1.165, 1.54) is 6.07 Å². The van der Waals surface area contributed by atoms with E-state index in [4.69, 9.17) is 0 Å². The minimum atomic E-state index is -1.34. The normalized spacial score (nSPS) is 10.1. The lowest BCUT2D eigenvalue weighted by atomic mass is 9.95. The van der Waals surface area contributed by atoms with E-state index in [-0.39, 0.29) is 11.1 Å². The van der Waals surface area contributed by atoms with Gasteiger partial charge in [-0.25, -0.2) is 0 Å². The van der Waals surface area contributed by atoms with Crippen molar-refractivity contribution in [3.63, 3.8) is 0 Å². The standard InChI is InChI=1S/C21H16N2O4/c24-19(14-8-2-1-3-9-14)22-23-20(25)17-12-6-4-10-15(17)16-11-5-7-13-18(16)21(26)27/h1-13H,(H,22,24)(H,23,25)(H,26,27)/p-1. The van der Waals surface area contributed by atoms with E-state index in [1.807, 2.05) is 0 Å². The molecule has 0 aromatic heterocycles. The molecule has 0 bridgehead atoms. The fraction of sp³-hybridized carbons (Fsp3) is 0. The van der Waals surface area contributed by atoms with Crippen molar-refractivity contribution in [2.24, 2.45) is 0 Å². The van der Waals surface area contributed by atoms with Gasteiger partial charge in [-0.1, -0.05) is 60.7 Å². The predicted molar refractivity (Wildman–Crippen MR) is 97.6 cm³/mol. The van der Waals surface area contributed by atoms with E-state index in [0.29, 0.717) is 16.7 Å². The highest BCUT2D eigenvalue weighted by Crippen LogP contribution is 2.26. The van der Waals surface area contributed by atoms with Gasteiger partial charge >= 0.3 is 0 Å². The first kappa shape index (κ1) is 17.9. The Morgan fingerprint density at radius 3 is 1.70 bits per heavy atom. The monoisotopic (exact) mass is 359 g/mol. The molecule has 6 heteroatoms. The largest absolute Gasteiger partial charge is 0.545 e. The Bertz CT molecular complexity index is 1000. The lowest BCUT2D eigenvalue weighted by Gasteiger charge is -2.14. The summed E-state index contributed by atoms with van der Waals surface area (Å²) >= 11 is 0. The highest BCUT2D eigenvalue weighted by Gasteiger charge is 2.16. The predicted octanol–water partition coefficient (Wildman–Crippen LogP) is 1.79. The van der Waals surface area contributed by atoms with Crippen LogP contribution in [0.1, 0.15) is 31.1 Å². The van der Waals surface area contributed by atoms with Crippen LogP contribution in [-0.4, -0.2) is 17.8 Å². The third-order valence-electron chi connectivity index (χ3n) is 3.93. The van der Waals surface area contributed by atoms with Crippen molar-refractivity contribution in [2.75, 3.05) is 0 Å². The molecule has 0 heterocycles. The number of carbonyl (C=O) groups is 3. The van der Waals surface area contributed by atoms with Crippen LogP contribution in [0.3, 0.4) is 0 Å². The average Bonchev–Trinajstić information content (AvgIpc) is 2.72. The van der Waals surface area contributed by atoms with Crippen molar-refractivity contribution < 1.29 is 19.5 Å². The molecule has 0 radical (unpaired) electrons. The summed E-state index contributed by atoms with van der Waals surface area (Å²) in [7, 11) is 0. The SMILES string of the molecule is O=C(NNC(=O)c1ccccc1-c1ccccc1C(=O)[O-])c1ccccc1. The topological polar surface area (TPSA) is 98.3 Å². The molecule has 27 heavy (non-hydrogen) atoms. The molecule has 0 fully saturated rings. The lowest BCUT2D eigenvalue weighted by Crippen LogP contribution is -2.41. The molecular formula is C21H15N2O4-. The molecule has 3 aromatic rings. The van der Waals surface area contributed by atoms with E-state index in [1.54, 1.807) is 72.8 Å². The van der Waals surface area contributed by atoms with Gasteiger partial charge < -0.3 is 9.90 Å². The number of carbonyl (C=O) groups excluding carboxylic acids is 3. The second kappa shape index (κ2) is 7.97. The molecule has 6 nitrogen and oxygen atoms in total. The second-order valence-electron chi connectivity index (χ2n) is 5.65. The van der Waals surface area contributed by atoms with E-state index >= 15 is 0 Å². The highest BCUT2D eigenvalue weighted by molar-refractivity contribution is 6.05. The van der Waals surface area contributed by atoms with Crippen molar-refractivity contribution in [2.45, 2.75) is 0 Å². The Morgan fingerprint density at radius 2 is 1.07 bits per heavy atom. The summed E-state index contributed by atoms with van der Waals surface area (Å²) in [5.74, 6) is -2.36. The molecular weight excluding hydrogens is 344 g/mol. The van der Waals surface area contributed by atoms with Crippen LogP contribution in [0.15, 0.2) is 78.9 Å². The average molecular weight is 359 g/mol. The van der Waals surface area contributed by atoms with Gasteiger partial charge in [0, 0.05) is 16.7 Å². The molecule has 2 amide bonds. The number of carboxylic acid groups (broad SMARTS) is 1. The number of rotatable bonds is 4. The quantitative estimate of drug-likeness (QED) is 0.694. The van der Waals surface area contributed by atoms with Gasteiger partial charge in [-0.2, -0.15) is 0 Å². The molecule has 0 saturated heterocycles. The molecule has 0 aliphatic rings. The summed E-state index contributed by atoms with van der Waals surface area (Å²) in [5, 5.41) is 11.4. The summed E-state index contributed by atoms with van der Waals surface area (Å²) in [6, 6.07) is 21.2. The molecule has 0 atom stereocenters. The fourth-order valence-corrected chi connectivity index (χ4v) is 2.65. The molecule has 3 aromatic carbocycles. The summed E-state index contributed by atoms with van der Waals surface area (Å²) in [5.41, 5.74) is 6.08. The van der Waals surface area contributed by atoms with Gasteiger partial charge in [0.1, 0.15) is 0 Å². The molecule has 0 saturated carbocycles. The van der Waals surface area contributed by atoms with Crippen LogP contribution in [0.25, 0.3) is 11.1 Å². The van der Waals surface area contributed by atoms with Gasteiger partial charge in [-0.3, -0.25) is 20.4 Å². The Balaban J connectivity index is 1.85. The Kier molecular flexibility index (Phi) is 5.28. The number of amides is 2. The third-order valence-corrected chi connectivity index (χ3v) is 3.93. The lowest BCUT2D eigenvalue weighted by molar-refractivity contribution is -0.254. The van der Waals surface area contributed by atoms with E-state index in [9.17, 15) is 19.5 Å². The van der Waals surface area contributed by atoms with Gasteiger partial charge in [0.2, 0.25) is 0 Å². The van der Waals surface area contributed by atoms with Gasteiger partial charge in [0.25, 0.3) is 11.8 Å². The first-order chi connectivity index (χ1) is 13.1. The maximum absolute atomic E-state index is 12.6. The second-order valence-corrected chi connectivity index (χ2v) is 5.65. The van der Waals surface area contributed by atoms with Crippen LogP contribution in [-0.2, 0) is 0 Å². The Morgan fingerprint density at radius 1 is 0.593 bits per heavy atom. The van der Waals surface area contributed by atoms with Gasteiger partial charge in [-0.05, 0) is 29.3 Å². The molecule has 134 valence electrons. The molecule has 0 unspecified atom stereocenters. The molecule has 3 rings (SSSR count). The number of carboxylic acids is 1. The van der Waals surface area contributed by atoms with Crippen molar-refractivity contribution >= 4 is 17.8 Å². The van der Waals surface area contributed by atoms with Crippen LogP contribution >= 0.6 is 0 Å². The number of hydrazine groups is 1. The first-order valence-electron chi connectivity index (χ1n) is 8.13. The van der Waals surface area contributed by atoms with Gasteiger partial charge in [0.05, 0.1) is 5.97 Å². The van der Waals surface area contributed by atoms with Crippen LogP contribution in [0.4, 0.5) is 0 Å². The summed E-state index contributed by atoms with van der Waals surface area (Å²) in [6.45, 7) is 0. The first-order valence-corrected chi connectivity index (χ1v) is 8.13. The maximum Gasteiger partial charge on any atom is 0.270 e. The minimum Gasteiger partial charge on any atom is -0.545 e. The Hall–Kier alpha value is -3.93. The van der Waals surface area contributed by atoms with Gasteiger partial charge in [-0.15, -0.1) is 0 Å². The zero-order valence-corrected chi connectivity index (χ0v) is 14.1. The van der Waals surface area contributed by atoms with Crippen molar-refractivity contribution in [1.82, 2.24) is 10.9 Å². The zero-order valence-electron chi connectivity index (χ0n) is 14.1. The van der Waals surface area contributed by atoms with Crippen LogP contribution in [0.5, 0.6) is 0 Å². The Labute approximate surface area is 155 Å². The van der Waals surface area contributed by atoms with Crippen molar-refractivity contribution in [3.05, 3.63) is 95.6 Å². The van der Waals surface area contributed by atoms with E-state index < -0.39 is 17.8 Å². The summed E-state index contributed by atoms with van der Waals surface area (Å²) in [4.78, 5) is 36.0. The van der Waals surface area contributed by atoms with E-state index in [0.717, 1.165) is 0 Å². The summed E-state index contributed by atoms with van der Waals surface area (Å²) < 4.78 is 0. The number of nitrogens with one attached hydrogen (secondary N) is 2. The number of benzene rings is 3. The number of aromatic carboxylic acids is 1. The summed E-state index contributed by atoms with van der Waals surface area (Å²) in [6.07, 6.45) is 0. The fourth-order valence-electron chi connectivity index (χ4n) is 2.65. The minimum absolute atomic E-state index is 0.0222.